The quantitative estimate of drug-likeness (QED) is 0.658. The molecule has 1 aromatic heterocycles. The zero-order valence-electron chi connectivity index (χ0n) is 10.1. The number of nitrogens with two attached hydrogens (primary N) is 1. The number of rotatable bonds is 3. The molecule has 0 unspecified atom stereocenters. The maximum atomic E-state index is 11.3. The van der Waals surface area contributed by atoms with Crippen LogP contribution in [0.2, 0.25) is 0 Å². The second-order valence-electron chi connectivity index (χ2n) is 3.70. The number of ether oxygens (including phenoxy) is 2. The summed E-state index contributed by atoms with van der Waals surface area (Å²) in [6, 6.07) is 4.72. The Bertz CT molecular complexity index is 578. The molecule has 0 spiro atoms. The molecule has 2 N–H and O–H groups in total. The van der Waals surface area contributed by atoms with Crippen molar-refractivity contribution in [1.82, 2.24) is 9.78 Å². The normalized spacial score (nSPS) is 10.1. The van der Waals surface area contributed by atoms with Crippen molar-refractivity contribution in [3.05, 3.63) is 36.2 Å². The van der Waals surface area contributed by atoms with Crippen molar-refractivity contribution >= 4 is 11.7 Å². The second-order valence-corrected chi connectivity index (χ2v) is 3.70. The summed E-state index contributed by atoms with van der Waals surface area (Å²) in [6.45, 7) is 0. The molecule has 94 valence electrons. The lowest BCUT2D eigenvalue weighted by Gasteiger charge is -2.07. The Kier molecular flexibility index (Phi) is 3.18. The van der Waals surface area contributed by atoms with E-state index in [1.165, 1.54) is 13.2 Å². The number of hydrogen-bond acceptors (Lipinski definition) is 5. The number of nitrogens with zero attached hydrogens (tertiary/aromatic N) is 2. The zero-order chi connectivity index (χ0) is 13.1. The zero-order valence-corrected chi connectivity index (χ0v) is 10.1. The van der Waals surface area contributed by atoms with Gasteiger partial charge in [-0.3, -0.25) is 4.68 Å². The van der Waals surface area contributed by atoms with Gasteiger partial charge < -0.3 is 15.2 Å². The van der Waals surface area contributed by atoms with Crippen LogP contribution >= 0.6 is 0 Å². The second kappa shape index (κ2) is 4.79. The molecule has 0 bridgehead atoms. The van der Waals surface area contributed by atoms with Gasteiger partial charge in [-0.05, 0) is 18.2 Å². The van der Waals surface area contributed by atoms with Crippen LogP contribution < -0.4 is 10.5 Å². The van der Waals surface area contributed by atoms with Gasteiger partial charge in [0.15, 0.2) is 11.5 Å². The van der Waals surface area contributed by atoms with E-state index in [4.69, 9.17) is 10.5 Å². The minimum absolute atomic E-state index is 0.363. The maximum absolute atomic E-state index is 11.3. The van der Waals surface area contributed by atoms with Crippen LogP contribution in [-0.2, 0) is 11.8 Å². The van der Waals surface area contributed by atoms with Crippen LogP contribution in [0.5, 0.6) is 11.5 Å². The monoisotopic (exact) mass is 247 g/mol. The number of carbonyl (C=O) groups is 1. The maximum Gasteiger partial charge on any atom is 0.337 e. The highest BCUT2D eigenvalue weighted by Crippen LogP contribution is 2.27. The Morgan fingerprint density at radius 1 is 1.44 bits per heavy atom. The first-order chi connectivity index (χ1) is 8.60. The fourth-order valence-corrected chi connectivity index (χ4v) is 1.46. The van der Waals surface area contributed by atoms with Crippen molar-refractivity contribution in [3.8, 4) is 11.5 Å². The van der Waals surface area contributed by atoms with E-state index in [0.29, 0.717) is 22.7 Å². The van der Waals surface area contributed by atoms with Gasteiger partial charge in [0.2, 0.25) is 0 Å². The van der Waals surface area contributed by atoms with E-state index in [9.17, 15) is 4.79 Å². The smallest absolute Gasteiger partial charge is 0.337 e. The summed E-state index contributed by atoms with van der Waals surface area (Å²) >= 11 is 0. The molecule has 0 aliphatic heterocycles. The van der Waals surface area contributed by atoms with E-state index in [-0.39, 0.29) is 0 Å². The predicted octanol–water partition coefficient (Wildman–Crippen LogP) is 1.58. The Morgan fingerprint density at radius 2 is 2.22 bits per heavy atom. The van der Waals surface area contributed by atoms with E-state index in [0.717, 1.165) is 0 Å². The third-order valence-electron chi connectivity index (χ3n) is 2.34. The minimum Gasteiger partial charge on any atom is -0.465 e. The molecule has 2 rings (SSSR count). The molecule has 6 heteroatoms. The molecule has 2 aromatic rings. The highest BCUT2D eigenvalue weighted by atomic mass is 16.5. The fraction of sp³-hybridized carbons (Fsp3) is 0.167. The predicted molar refractivity (Wildman–Crippen MR) is 65.5 cm³/mol. The van der Waals surface area contributed by atoms with Crippen molar-refractivity contribution in [2.24, 2.45) is 7.05 Å². The third kappa shape index (κ3) is 2.42. The van der Waals surface area contributed by atoms with Crippen LogP contribution in [0.15, 0.2) is 30.6 Å². The van der Waals surface area contributed by atoms with Crippen molar-refractivity contribution in [3.63, 3.8) is 0 Å². The summed E-state index contributed by atoms with van der Waals surface area (Å²) in [5.41, 5.74) is 6.55. The van der Waals surface area contributed by atoms with Gasteiger partial charge in [0, 0.05) is 7.05 Å². The highest BCUT2D eigenvalue weighted by Gasteiger charge is 2.09. The number of methoxy groups -OCH3 is 1. The lowest BCUT2D eigenvalue weighted by atomic mass is 10.2. The molecule has 0 aliphatic carbocycles. The van der Waals surface area contributed by atoms with Crippen LogP contribution in [0.4, 0.5) is 5.69 Å². The lowest BCUT2D eigenvalue weighted by Crippen LogP contribution is -2.02. The molecule has 0 fully saturated rings. The van der Waals surface area contributed by atoms with Crippen molar-refractivity contribution in [2.45, 2.75) is 0 Å². The number of benzene rings is 1. The molecule has 6 nitrogen and oxygen atoms in total. The first-order valence-corrected chi connectivity index (χ1v) is 5.24. The van der Waals surface area contributed by atoms with E-state index in [1.54, 1.807) is 36.3 Å². The van der Waals surface area contributed by atoms with Crippen LogP contribution in [0.25, 0.3) is 0 Å². The number of carbonyl (C=O) groups excluding carboxylic acids is 1. The number of hydrogen-bond donors (Lipinski definition) is 1. The van der Waals surface area contributed by atoms with Gasteiger partial charge in [0.25, 0.3) is 0 Å². The fourth-order valence-electron chi connectivity index (χ4n) is 1.46. The lowest BCUT2D eigenvalue weighted by molar-refractivity contribution is 0.0601. The van der Waals surface area contributed by atoms with Gasteiger partial charge in [-0.1, -0.05) is 0 Å². The Balaban J connectivity index is 2.22. The summed E-state index contributed by atoms with van der Waals surface area (Å²) in [5, 5.41) is 3.98. The van der Waals surface area contributed by atoms with Crippen LogP contribution in [0, 0.1) is 0 Å². The molecule has 0 aliphatic rings. The molecular weight excluding hydrogens is 234 g/mol. The SMILES string of the molecule is COC(=O)c1ccc(Oc2cnn(C)c2)c(N)c1. The molecule has 18 heavy (non-hydrogen) atoms. The Hall–Kier alpha value is -2.50. The van der Waals surface area contributed by atoms with Crippen LogP contribution in [0.3, 0.4) is 0 Å². The van der Waals surface area contributed by atoms with E-state index in [1.807, 2.05) is 0 Å². The molecule has 0 saturated heterocycles. The summed E-state index contributed by atoms with van der Waals surface area (Å²) in [4.78, 5) is 11.3. The number of aromatic nitrogens is 2. The summed E-state index contributed by atoms with van der Waals surface area (Å²) in [7, 11) is 3.11. The summed E-state index contributed by atoms with van der Waals surface area (Å²) in [6.07, 6.45) is 3.29. The first-order valence-electron chi connectivity index (χ1n) is 5.24. The summed E-state index contributed by atoms with van der Waals surface area (Å²) in [5.74, 6) is 0.611. The average molecular weight is 247 g/mol. The largest absolute Gasteiger partial charge is 0.465 e. The molecule has 0 saturated carbocycles. The molecule has 1 heterocycles. The standard InChI is InChI=1S/C12H13N3O3/c1-15-7-9(6-14-15)18-11-4-3-8(5-10(11)13)12(16)17-2/h3-7H,13H2,1-2H3. The average Bonchev–Trinajstić information content (AvgIpc) is 2.76. The van der Waals surface area contributed by atoms with E-state index >= 15 is 0 Å². The summed E-state index contributed by atoms with van der Waals surface area (Å²) < 4.78 is 11.8. The third-order valence-corrected chi connectivity index (χ3v) is 2.34. The van der Waals surface area contributed by atoms with Gasteiger partial charge >= 0.3 is 5.97 Å². The molecule has 0 amide bonds. The van der Waals surface area contributed by atoms with Crippen molar-refractivity contribution < 1.29 is 14.3 Å². The van der Waals surface area contributed by atoms with Gasteiger partial charge in [-0.2, -0.15) is 5.10 Å². The number of nitrogen functional groups attached to an aromatic ring is 1. The van der Waals surface area contributed by atoms with Crippen molar-refractivity contribution in [2.75, 3.05) is 12.8 Å². The van der Waals surface area contributed by atoms with Gasteiger partial charge in [-0.25, -0.2) is 4.79 Å². The van der Waals surface area contributed by atoms with E-state index < -0.39 is 5.97 Å². The molecule has 1 aromatic carbocycles. The minimum atomic E-state index is -0.436. The Labute approximate surface area is 104 Å². The Morgan fingerprint density at radius 3 is 2.78 bits per heavy atom. The van der Waals surface area contributed by atoms with Crippen molar-refractivity contribution in [1.29, 1.82) is 0 Å². The van der Waals surface area contributed by atoms with Crippen LogP contribution in [0.1, 0.15) is 10.4 Å². The number of esters is 1. The number of anilines is 1. The highest BCUT2D eigenvalue weighted by molar-refractivity contribution is 5.90. The molecule has 0 atom stereocenters. The van der Waals surface area contributed by atoms with Crippen LogP contribution in [-0.4, -0.2) is 22.9 Å². The number of aryl methyl sites for hydroxylation is 1. The van der Waals surface area contributed by atoms with E-state index in [2.05, 4.69) is 9.84 Å². The topological polar surface area (TPSA) is 79.4 Å². The molecule has 0 radical (unpaired) electrons. The van der Waals surface area contributed by atoms with Gasteiger partial charge in [0.1, 0.15) is 0 Å². The van der Waals surface area contributed by atoms with Gasteiger partial charge in [0.05, 0.1) is 30.8 Å². The first kappa shape index (κ1) is 12.0. The molecular formula is C12H13N3O3. The van der Waals surface area contributed by atoms with Gasteiger partial charge in [-0.15, -0.1) is 0 Å².